The van der Waals surface area contributed by atoms with Crippen LogP contribution in [-0.2, 0) is 0 Å². The van der Waals surface area contributed by atoms with Gasteiger partial charge < -0.3 is 0 Å². The second-order valence-electron chi connectivity index (χ2n) is 7.16. The smallest absolute Gasteiger partial charge is 0.159 e. The summed E-state index contributed by atoms with van der Waals surface area (Å²) >= 11 is 0. The summed E-state index contributed by atoms with van der Waals surface area (Å²) < 4.78 is 0. The molecule has 2 nitrogen and oxygen atoms in total. The molecule has 0 spiro atoms. The first-order chi connectivity index (χ1) is 14.9. The third kappa shape index (κ3) is 3.76. The van der Waals surface area contributed by atoms with Crippen molar-refractivity contribution in [3.63, 3.8) is 0 Å². The van der Waals surface area contributed by atoms with Crippen LogP contribution >= 0.6 is 0 Å². The van der Waals surface area contributed by atoms with Crippen molar-refractivity contribution in [2.45, 2.75) is 0 Å². The minimum Gasteiger partial charge on any atom is -0.237 e. The highest BCUT2D eigenvalue weighted by Gasteiger charge is 2.08. The molecule has 142 valence electrons. The first kappa shape index (κ1) is 18.0. The second-order valence-corrected chi connectivity index (χ2v) is 7.16. The van der Waals surface area contributed by atoms with Crippen molar-refractivity contribution in [1.29, 1.82) is 0 Å². The molecule has 0 saturated carbocycles. The Labute approximate surface area is 176 Å². The molecule has 2 heteroatoms. The van der Waals surface area contributed by atoms with Gasteiger partial charge in [-0.05, 0) is 40.5 Å². The molecule has 0 unspecified atom stereocenters. The Morgan fingerprint density at radius 2 is 0.900 bits per heavy atom. The van der Waals surface area contributed by atoms with Crippen molar-refractivity contribution in [3.8, 4) is 44.9 Å². The van der Waals surface area contributed by atoms with Crippen LogP contribution in [0.2, 0.25) is 0 Å². The third-order valence-corrected chi connectivity index (χ3v) is 5.15. The molecule has 0 bridgehead atoms. The lowest BCUT2D eigenvalue weighted by Crippen LogP contribution is -1.92. The molecule has 5 aromatic rings. The van der Waals surface area contributed by atoms with Gasteiger partial charge in [-0.15, -0.1) is 0 Å². The zero-order valence-electron chi connectivity index (χ0n) is 16.4. The summed E-state index contributed by atoms with van der Waals surface area (Å²) in [4.78, 5) is 9.41. The summed E-state index contributed by atoms with van der Waals surface area (Å²) in [5.41, 5.74) is 7.74. The van der Waals surface area contributed by atoms with Crippen LogP contribution in [0.5, 0.6) is 0 Å². The van der Waals surface area contributed by atoms with E-state index in [0.717, 1.165) is 28.2 Å². The van der Waals surface area contributed by atoms with Gasteiger partial charge in [-0.2, -0.15) is 0 Å². The lowest BCUT2D eigenvalue weighted by atomic mass is 10.0. The Bertz CT molecular complexity index is 1180. The maximum absolute atomic E-state index is 4.87. The highest BCUT2D eigenvalue weighted by atomic mass is 14.9. The molecule has 0 atom stereocenters. The third-order valence-electron chi connectivity index (χ3n) is 5.15. The Morgan fingerprint density at radius 1 is 0.400 bits per heavy atom. The van der Waals surface area contributed by atoms with Gasteiger partial charge in [0, 0.05) is 17.3 Å². The second kappa shape index (κ2) is 8.14. The zero-order valence-corrected chi connectivity index (χ0v) is 16.4. The van der Waals surface area contributed by atoms with Gasteiger partial charge in [-0.1, -0.05) is 97.1 Å². The number of aromatic nitrogens is 2. The van der Waals surface area contributed by atoms with Crippen LogP contribution in [0, 0.1) is 0 Å². The van der Waals surface area contributed by atoms with Crippen LogP contribution in [0.4, 0.5) is 0 Å². The minimum atomic E-state index is 0.732. The molecule has 0 saturated heterocycles. The molecular weight excluding hydrogens is 364 g/mol. The van der Waals surface area contributed by atoms with Gasteiger partial charge in [0.1, 0.15) is 0 Å². The predicted molar refractivity (Wildman–Crippen MR) is 124 cm³/mol. The van der Waals surface area contributed by atoms with Crippen molar-refractivity contribution in [3.05, 3.63) is 121 Å². The fourth-order valence-electron chi connectivity index (χ4n) is 3.62. The minimum absolute atomic E-state index is 0.732. The van der Waals surface area contributed by atoms with Crippen molar-refractivity contribution >= 4 is 0 Å². The van der Waals surface area contributed by atoms with E-state index in [2.05, 4.69) is 102 Å². The molecular formula is C28H20N2. The van der Waals surface area contributed by atoms with Crippen LogP contribution in [-0.4, -0.2) is 9.97 Å². The highest BCUT2D eigenvalue weighted by molar-refractivity contribution is 5.73. The normalized spacial score (nSPS) is 10.7. The van der Waals surface area contributed by atoms with E-state index in [4.69, 9.17) is 4.98 Å². The van der Waals surface area contributed by atoms with Crippen LogP contribution in [0.3, 0.4) is 0 Å². The molecule has 30 heavy (non-hydrogen) atoms. The first-order valence-electron chi connectivity index (χ1n) is 10.0. The van der Waals surface area contributed by atoms with Crippen molar-refractivity contribution in [2.24, 2.45) is 0 Å². The summed E-state index contributed by atoms with van der Waals surface area (Å²) in [6.45, 7) is 0. The van der Waals surface area contributed by atoms with Gasteiger partial charge in [0.05, 0.1) is 5.69 Å². The SMILES string of the molecule is c1ccc(-c2cccc(-c3ccnc(-c4cccc(-c5ccccc5)c4)n3)c2)cc1. The fraction of sp³-hybridized carbons (Fsp3) is 0. The van der Waals surface area contributed by atoms with E-state index in [1.807, 2.05) is 24.4 Å². The van der Waals surface area contributed by atoms with Gasteiger partial charge in [-0.25, -0.2) is 9.97 Å². The van der Waals surface area contributed by atoms with Crippen LogP contribution in [0.1, 0.15) is 0 Å². The van der Waals surface area contributed by atoms with E-state index < -0.39 is 0 Å². The van der Waals surface area contributed by atoms with E-state index in [1.165, 1.54) is 16.7 Å². The van der Waals surface area contributed by atoms with Gasteiger partial charge in [0.15, 0.2) is 5.82 Å². The van der Waals surface area contributed by atoms with E-state index >= 15 is 0 Å². The predicted octanol–water partition coefficient (Wildman–Crippen LogP) is 7.14. The molecule has 1 aromatic heterocycles. The topological polar surface area (TPSA) is 25.8 Å². The quantitative estimate of drug-likeness (QED) is 0.329. The average molecular weight is 384 g/mol. The average Bonchev–Trinajstić information content (AvgIpc) is 2.85. The first-order valence-corrected chi connectivity index (χ1v) is 10.0. The van der Waals surface area contributed by atoms with Gasteiger partial charge in [0.25, 0.3) is 0 Å². The lowest BCUT2D eigenvalue weighted by Gasteiger charge is -2.08. The van der Waals surface area contributed by atoms with Crippen molar-refractivity contribution in [2.75, 3.05) is 0 Å². The molecule has 0 fully saturated rings. The summed E-state index contributed by atoms with van der Waals surface area (Å²) in [5.74, 6) is 0.732. The van der Waals surface area contributed by atoms with E-state index in [0.29, 0.717) is 0 Å². The van der Waals surface area contributed by atoms with Crippen molar-refractivity contribution in [1.82, 2.24) is 9.97 Å². The Hall–Kier alpha value is -4.04. The molecule has 0 amide bonds. The summed E-state index contributed by atoms with van der Waals surface area (Å²) in [6.07, 6.45) is 1.84. The van der Waals surface area contributed by atoms with E-state index in [9.17, 15) is 0 Å². The number of rotatable bonds is 4. The monoisotopic (exact) mass is 384 g/mol. The molecule has 0 aliphatic carbocycles. The number of benzene rings is 4. The maximum Gasteiger partial charge on any atom is 0.159 e. The van der Waals surface area contributed by atoms with Crippen LogP contribution in [0.25, 0.3) is 44.9 Å². The van der Waals surface area contributed by atoms with Gasteiger partial charge in [-0.3, -0.25) is 0 Å². The van der Waals surface area contributed by atoms with Crippen LogP contribution < -0.4 is 0 Å². The van der Waals surface area contributed by atoms with E-state index in [1.54, 1.807) is 0 Å². The highest BCUT2D eigenvalue weighted by Crippen LogP contribution is 2.28. The van der Waals surface area contributed by atoms with E-state index in [-0.39, 0.29) is 0 Å². The molecule has 0 radical (unpaired) electrons. The standard InChI is InChI=1S/C28H20N2/c1-3-9-21(10-4-1)23-13-7-15-25(19-23)27-17-18-29-28(30-27)26-16-8-14-24(20-26)22-11-5-2-6-12-22/h1-20H. The molecule has 0 aliphatic heterocycles. The summed E-state index contributed by atoms with van der Waals surface area (Å²) in [7, 11) is 0. The fourth-order valence-corrected chi connectivity index (χ4v) is 3.62. The van der Waals surface area contributed by atoms with Crippen molar-refractivity contribution < 1.29 is 0 Å². The van der Waals surface area contributed by atoms with Crippen LogP contribution in [0.15, 0.2) is 121 Å². The Morgan fingerprint density at radius 3 is 1.53 bits per heavy atom. The summed E-state index contributed by atoms with van der Waals surface area (Å²) in [6, 6.07) is 39.6. The number of hydrogen-bond acceptors (Lipinski definition) is 2. The molecule has 5 rings (SSSR count). The molecule has 4 aromatic carbocycles. The van der Waals surface area contributed by atoms with Gasteiger partial charge in [0.2, 0.25) is 0 Å². The Balaban J connectivity index is 1.52. The Kier molecular flexibility index (Phi) is 4.89. The molecule has 1 heterocycles. The number of nitrogens with zero attached hydrogens (tertiary/aromatic N) is 2. The maximum atomic E-state index is 4.87. The lowest BCUT2D eigenvalue weighted by molar-refractivity contribution is 1.18. The largest absolute Gasteiger partial charge is 0.237 e. The van der Waals surface area contributed by atoms with Gasteiger partial charge >= 0.3 is 0 Å². The molecule has 0 N–H and O–H groups in total. The zero-order chi connectivity index (χ0) is 20.2. The number of hydrogen-bond donors (Lipinski definition) is 0. The summed E-state index contributed by atoms with van der Waals surface area (Å²) in [5, 5.41) is 0. The molecule has 0 aliphatic rings.